The van der Waals surface area contributed by atoms with Gasteiger partial charge in [0.25, 0.3) is 0 Å². The maximum absolute atomic E-state index is 14.0. The number of halogens is 3. The quantitative estimate of drug-likeness (QED) is 0.719. The molecule has 2 rings (SSSR count). The highest BCUT2D eigenvalue weighted by Crippen LogP contribution is 2.30. The zero-order valence-electron chi connectivity index (χ0n) is 11.3. The first kappa shape index (κ1) is 15.6. The minimum Gasteiger partial charge on any atom is -0.486 e. The molecule has 0 fully saturated rings. The molecule has 0 spiro atoms. The molecule has 0 atom stereocenters. The van der Waals surface area contributed by atoms with Crippen LogP contribution in [0.5, 0.6) is 5.75 Å². The fraction of sp³-hybridized carbons (Fsp3) is 0.188. The number of alkyl halides is 2. The zero-order chi connectivity index (χ0) is 15.5. The Bertz CT molecular complexity index is 642. The van der Waals surface area contributed by atoms with Crippen molar-refractivity contribution in [2.24, 2.45) is 0 Å². The van der Waals surface area contributed by atoms with Crippen LogP contribution in [0.2, 0.25) is 0 Å². The average molecular weight is 355 g/mol. The highest BCUT2D eigenvalue weighted by atomic mass is 79.9. The van der Waals surface area contributed by atoms with Crippen molar-refractivity contribution in [1.29, 1.82) is 0 Å². The van der Waals surface area contributed by atoms with Gasteiger partial charge in [-0.3, -0.25) is 4.79 Å². The van der Waals surface area contributed by atoms with E-state index in [9.17, 15) is 13.6 Å². The number of ketones is 1. The summed E-state index contributed by atoms with van der Waals surface area (Å²) in [7, 11) is 0. The molecule has 110 valence electrons. The Morgan fingerprint density at radius 2 is 1.86 bits per heavy atom. The fourth-order valence-electron chi connectivity index (χ4n) is 1.84. The summed E-state index contributed by atoms with van der Waals surface area (Å²) in [6.07, 6.45) is 0. The predicted molar refractivity (Wildman–Crippen MR) is 80.0 cm³/mol. The van der Waals surface area contributed by atoms with Crippen LogP contribution in [0.3, 0.4) is 0 Å². The molecule has 0 aliphatic rings. The van der Waals surface area contributed by atoms with Crippen molar-refractivity contribution in [3.63, 3.8) is 0 Å². The molecular weight excluding hydrogens is 342 g/mol. The van der Waals surface area contributed by atoms with Gasteiger partial charge in [-0.25, -0.2) is 0 Å². The molecule has 5 heteroatoms. The molecule has 0 unspecified atom stereocenters. The lowest BCUT2D eigenvalue weighted by Crippen LogP contribution is -2.23. The van der Waals surface area contributed by atoms with Gasteiger partial charge in [0.1, 0.15) is 5.75 Å². The van der Waals surface area contributed by atoms with Crippen molar-refractivity contribution < 1.29 is 18.3 Å². The third-order valence-electron chi connectivity index (χ3n) is 2.93. The van der Waals surface area contributed by atoms with Gasteiger partial charge in [-0.05, 0) is 25.1 Å². The van der Waals surface area contributed by atoms with Crippen LogP contribution < -0.4 is 4.74 Å². The number of carbonyl (C=O) groups excluding carboxylic acids is 1. The highest BCUT2D eigenvalue weighted by Gasteiger charge is 2.32. The van der Waals surface area contributed by atoms with Crippen LogP contribution >= 0.6 is 15.9 Å². The molecule has 0 aliphatic carbocycles. The average Bonchev–Trinajstić information content (AvgIpc) is 2.47. The number of hydrogen-bond acceptors (Lipinski definition) is 2. The second-order valence-electron chi connectivity index (χ2n) is 4.56. The summed E-state index contributed by atoms with van der Waals surface area (Å²) in [5, 5.41) is 0. The molecule has 0 bridgehead atoms. The summed E-state index contributed by atoms with van der Waals surface area (Å²) in [6.45, 7) is 0.545. The van der Waals surface area contributed by atoms with Crippen LogP contribution in [0.25, 0.3) is 0 Å². The van der Waals surface area contributed by atoms with Crippen LogP contribution in [0, 0.1) is 0 Å². The molecule has 2 nitrogen and oxygen atoms in total. The third-order valence-corrected chi connectivity index (χ3v) is 3.42. The van der Waals surface area contributed by atoms with E-state index < -0.39 is 12.5 Å². The summed E-state index contributed by atoms with van der Waals surface area (Å²) in [5.41, 5.74) is 0.153. The molecule has 0 saturated carbocycles. The van der Waals surface area contributed by atoms with Gasteiger partial charge in [-0.1, -0.05) is 46.3 Å². The van der Waals surface area contributed by atoms with Gasteiger partial charge in [0.05, 0.1) is 5.56 Å². The van der Waals surface area contributed by atoms with E-state index in [1.54, 1.807) is 30.3 Å². The number of carbonyl (C=O) groups is 1. The molecule has 0 saturated heterocycles. The summed E-state index contributed by atoms with van der Waals surface area (Å²) < 4.78 is 33.9. The maximum Gasteiger partial charge on any atom is 0.306 e. The molecule has 0 aromatic heterocycles. The topological polar surface area (TPSA) is 26.3 Å². The van der Waals surface area contributed by atoms with Crippen LogP contribution in [0.4, 0.5) is 8.78 Å². The van der Waals surface area contributed by atoms with E-state index in [0.717, 1.165) is 0 Å². The lowest BCUT2D eigenvalue weighted by Gasteiger charge is -2.18. The summed E-state index contributed by atoms with van der Waals surface area (Å²) in [6, 6.07) is 12.1. The molecular formula is C16H13BrF2O2. The van der Waals surface area contributed by atoms with Gasteiger partial charge < -0.3 is 4.74 Å². The van der Waals surface area contributed by atoms with Crippen LogP contribution in [0.1, 0.15) is 22.8 Å². The number of hydrogen-bond donors (Lipinski definition) is 0. The van der Waals surface area contributed by atoms with Crippen molar-refractivity contribution in [1.82, 2.24) is 0 Å². The van der Waals surface area contributed by atoms with Crippen LogP contribution in [0.15, 0.2) is 53.0 Å². The minimum atomic E-state index is -3.12. The Balaban J connectivity index is 2.18. The van der Waals surface area contributed by atoms with Gasteiger partial charge in [0.2, 0.25) is 0 Å². The molecule has 0 heterocycles. The summed E-state index contributed by atoms with van der Waals surface area (Å²) in [5.74, 6) is -3.21. The van der Waals surface area contributed by atoms with E-state index in [1.807, 2.05) is 0 Å². The maximum atomic E-state index is 14.0. The van der Waals surface area contributed by atoms with Crippen LogP contribution in [-0.4, -0.2) is 12.4 Å². The van der Waals surface area contributed by atoms with Gasteiger partial charge in [0.15, 0.2) is 12.4 Å². The Hall–Kier alpha value is -1.75. The monoisotopic (exact) mass is 354 g/mol. The SMILES string of the molecule is CC(=O)c1cc(Br)ccc1OCC(F)(F)c1ccccc1. The first-order valence-electron chi connectivity index (χ1n) is 6.27. The van der Waals surface area contributed by atoms with E-state index in [1.165, 1.54) is 25.1 Å². The van der Waals surface area contributed by atoms with Crippen molar-refractivity contribution in [2.45, 2.75) is 12.8 Å². The minimum absolute atomic E-state index is 0.119. The molecule has 2 aromatic carbocycles. The van der Waals surface area contributed by atoms with Crippen LogP contribution in [-0.2, 0) is 5.92 Å². The molecule has 2 aromatic rings. The van der Waals surface area contributed by atoms with Crippen molar-refractivity contribution >= 4 is 21.7 Å². The zero-order valence-corrected chi connectivity index (χ0v) is 12.9. The van der Waals surface area contributed by atoms with E-state index in [0.29, 0.717) is 4.47 Å². The number of benzene rings is 2. The molecule has 0 N–H and O–H groups in total. The first-order valence-corrected chi connectivity index (χ1v) is 7.06. The summed E-state index contributed by atoms with van der Waals surface area (Å²) >= 11 is 3.24. The lowest BCUT2D eigenvalue weighted by molar-refractivity contribution is -0.0468. The number of ether oxygens (including phenoxy) is 1. The van der Waals surface area contributed by atoms with Gasteiger partial charge in [-0.15, -0.1) is 0 Å². The van der Waals surface area contributed by atoms with Crippen molar-refractivity contribution in [3.8, 4) is 5.75 Å². The van der Waals surface area contributed by atoms with E-state index >= 15 is 0 Å². The largest absolute Gasteiger partial charge is 0.486 e. The highest BCUT2D eigenvalue weighted by molar-refractivity contribution is 9.10. The standard InChI is InChI=1S/C16H13BrF2O2/c1-11(20)14-9-13(17)7-8-15(14)21-10-16(18,19)12-5-3-2-4-6-12/h2-9H,10H2,1H3. The Kier molecular flexibility index (Phi) is 4.73. The molecule has 21 heavy (non-hydrogen) atoms. The molecule has 0 radical (unpaired) electrons. The third kappa shape index (κ3) is 3.88. The number of Topliss-reactive ketones (excluding diaryl/α,β-unsaturated/α-hetero) is 1. The Morgan fingerprint density at radius 1 is 1.19 bits per heavy atom. The van der Waals surface area contributed by atoms with E-state index in [2.05, 4.69) is 15.9 Å². The predicted octanol–water partition coefficient (Wildman–Crippen LogP) is 4.82. The van der Waals surface area contributed by atoms with Crippen molar-refractivity contribution in [3.05, 3.63) is 64.1 Å². The Labute approximate surface area is 129 Å². The first-order chi connectivity index (χ1) is 9.90. The second kappa shape index (κ2) is 6.35. The lowest BCUT2D eigenvalue weighted by atomic mass is 10.1. The van der Waals surface area contributed by atoms with E-state index in [4.69, 9.17) is 4.74 Å². The van der Waals surface area contributed by atoms with Gasteiger partial charge in [-0.2, -0.15) is 8.78 Å². The second-order valence-corrected chi connectivity index (χ2v) is 5.47. The smallest absolute Gasteiger partial charge is 0.306 e. The molecule has 0 amide bonds. The Morgan fingerprint density at radius 3 is 2.48 bits per heavy atom. The summed E-state index contributed by atoms with van der Waals surface area (Å²) in [4.78, 5) is 11.5. The van der Waals surface area contributed by atoms with E-state index in [-0.39, 0.29) is 22.7 Å². The molecule has 0 aliphatic heterocycles. The fourth-order valence-corrected chi connectivity index (χ4v) is 2.20. The van der Waals surface area contributed by atoms with Gasteiger partial charge >= 0.3 is 5.92 Å². The number of rotatable bonds is 5. The van der Waals surface area contributed by atoms with Gasteiger partial charge in [0, 0.05) is 10.0 Å². The van der Waals surface area contributed by atoms with Crippen molar-refractivity contribution in [2.75, 3.05) is 6.61 Å². The normalized spacial score (nSPS) is 11.2.